The number of benzene rings is 1. The van der Waals surface area contributed by atoms with E-state index >= 15 is 0 Å². The molecule has 5 nitrogen and oxygen atoms in total. The van der Waals surface area contributed by atoms with Crippen molar-refractivity contribution in [2.24, 2.45) is 0 Å². The van der Waals surface area contributed by atoms with Crippen molar-refractivity contribution in [3.63, 3.8) is 0 Å². The van der Waals surface area contributed by atoms with Gasteiger partial charge in [-0.2, -0.15) is 11.3 Å². The molecule has 3 rings (SSSR count). The Hall–Kier alpha value is -2.16. The van der Waals surface area contributed by atoms with Gasteiger partial charge in [-0.05, 0) is 67.0 Å². The molecule has 1 N–H and O–H groups in total. The number of imidazole rings is 1. The fourth-order valence-electron chi connectivity index (χ4n) is 2.82. The van der Waals surface area contributed by atoms with Crippen molar-refractivity contribution in [1.82, 2.24) is 19.8 Å². The highest BCUT2D eigenvalue weighted by Gasteiger charge is 2.20. The van der Waals surface area contributed by atoms with Gasteiger partial charge in [0.05, 0.1) is 12.2 Å². The van der Waals surface area contributed by atoms with Gasteiger partial charge in [-0.25, -0.2) is 9.37 Å². The SMILES string of the molecule is CSc1ncc(C(=O)NCC(c2ccsc2)N(C)C)n1-c1ccc(F)cc1. The van der Waals surface area contributed by atoms with Gasteiger partial charge in [0, 0.05) is 12.2 Å². The lowest BCUT2D eigenvalue weighted by atomic mass is 10.1. The molecule has 0 aliphatic heterocycles. The van der Waals surface area contributed by atoms with Crippen LogP contribution in [-0.4, -0.2) is 47.3 Å². The van der Waals surface area contributed by atoms with Gasteiger partial charge in [0.25, 0.3) is 5.91 Å². The summed E-state index contributed by atoms with van der Waals surface area (Å²) in [7, 11) is 3.98. The maximum Gasteiger partial charge on any atom is 0.270 e. The molecule has 8 heteroatoms. The third-order valence-electron chi connectivity index (χ3n) is 4.24. The topological polar surface area (TPSA) is 50.2 Å². The van der Waals surface area contributed by atoms with Gasteiger partial charge in [0.1, 0.15) is 11.5 Å². The molecule has 1 amide bonds. The van der Waals surface area contributed by atoms with E-state index in [0.29, 0.717) is 23.1 Å². The molecule has 1 unspecified atom stereocenters. The molecule has 3 aromatic rings. The molecule has 27 heavy (non-hydrogen) atoms. The van der Waals surface area contributed by atoms with Crippen molar-refractivity contribution in [2.75, 3.05) is 26.9 Å². The van der Waals surface area contributed by atoms with E-state index < -0.39 is 0 Å². The smallest absolute Gasteiger partial charge is 0.270 e. The Morgan fingerprint density at radius 2 is 2.07 bits per heavy atom. The average molecular weight is 405 g/mol. The highest BCUT2D eigenvalue weighted by Crippen LogP contribution is 2.23. The Balaban J connectivity index is 1.83. The summed E-state index contributed by atoms with van der Waals surface area (Å²) in [5.41, 5.74) is 2.29. The second-order valence-corrected chi connectivity index (χ2v) is 7.74. The van der Waals surface area contributed by atoms with Crippen LogP contribution in [0.2, 0.25) is 0 Å². The average Bonchev–Trinajstić information content (AvgIpc) is 3.31. The molecule has 0 radical (unpaired) electrons. The van der Waals surface area contributed by atoms with Crippen molar-refractivity contribution in [2.45, 2.75) is 11.2 Å². The van der Waals surface area contributed by atoms with Crippen LogP contribution in [0, 0.1) is 5.82 Å². The van der Waals surface area contributed by atoms with E-state index in [4.69, 9.17) is 0 Å². The molecule has 2 heterocycles. The number of hydrogen-bond acceptors (Lipinski definition) is 5. The van der Waals surface area contributed by atoms with E-state index in [-0.39, 0.29) is 17.8 Å². The number of hydrogen-bond donors (Lipinski definition) is 1. The van der Waals surface area contributed by atoms with Crippen molar-refractivity contribution in [1.29, 1.82) is 0 Å². The zero-order valence-electron chi connectivity index (χ0n) is 15.3. The van der Waals surface area contributed by atoms with Gasteiger partial charge in [-0.15, -0.1) is 0 Å². The standard InChI is InChI=1S/C19H21FN4OS2/c1-23(2)16(13-8-9-27-12-13)10-21-18(25)17-11-22-19(26-3)24(17)15-6-4-14(20)5-7-15/h4-9,11-12,16H,10H2,1-3H3,(H,21,25). The summed E-state index contributed by atoms with van der Waals surface area (Å²) in [4.78, 5) is 19.3. The second-order valence-electron chi connectivity index (χ2n) is 6.19. The van der Waals surface area contributed by atoms with E-state index in [1.807, 2.05) is 25.7 Å². The Kier molecular flexibility index (Phi) is 6.30. The van der Waals surface area contributed by atoms with Gasteiger partial charge in [0.2, 0.25) is 0 Å². The highest BCUT2D eigenvalue weighted by atomic mass is 32.2. The van der Waals surface area contributed by atoms with Gasteiger partial charge < -0.3 is 10.2 Å². The minimum atomic E-state index is -0.319. The van der Waals surface area contributed by atoms with Crippen LogP contribution in [0.5, 0.6) is 0 Å². The zero-order valence-corrected chi connectivity index (χ0v) is 17.0. The number of thioether (sulfide) groups is 1. The number of likely N-dealkylation sites (N-methyl/N-ethyl adjacent to an activating group) is 1. The Bertz CT molecular complexity index is 891. The van der Waals surface area contributed by atoms with Gasteiger partial charge in [-0.1, -0.05) is 11.8 Å². The van der Waals surface area contributed by atoms with Gasteiger partial charge >= 0.3 is 0 Å². The summed E-state index contributed by atoms with van der Waals surface area (Å²) in [5, 5.41) is 7.80. The van der Waals surface area contributed by atoms with Crippen molar-refractivity contribution in [3.8, 4) is 5.69 Å². The summed E-state index contributed by atoms with van der Waals surface area (Å²) < 4.78 is 15.0. The monoisotopic (exact) mass is 404 g/mol. The van der Waals surface area contributed by atoms with E-state index in [9.17, 15) is 9.18 Å². The fourth-order valence-corrected chi connectivity index (χ4v) is 4.07. The van der Waals surface area contributed by atoms with Crippen LogP contribution in [0.15, 0.2) is 52.4 Å². The van der Waals surface area contributed by atoms with Crippen molar-refractivity contribution in [3.05, 3.63) is 64.4 Å². The lowest BCUT2D eigenvalue weighted by Crippen LogP contribution is -2.35. The van der Waals surface area contributed by atoms with Crippen molar-refractivity contribution >= 4 is 29.0 Å². The minimum absolute atomic E-state index is 0.0856. The Morgan fingerprint density at radius 1 is 1.33 bits per heavy atom. The van der Waals surface area contributed by atoms with Gasteiger partial charge in [0.15, 0.2) is 5.16 Å². The number of aromatic nitrogens is 2. The van der Waals surface area contributed by atoms with Crippen LogP contribution in [0.3, 0.4) is 0 Å². The molecule has 0 fully saturated rings. The second kappa shape index (κ2) is 8.69. The molecule has 0 spiro atoms. The quantitative estimate of drug-likeness (QED) is 0.608. The summed E-state index contributed by atoms with van der Waals surface area (Å²) in [6.07, 6.45) is 3.45. The van der Waals surface area contributed by atoms with Crippen LogP contribution in [0.4, 0.5) is 4.39 Å². The first kappa shape index (κ1) is 19.6. The summed E-state index contributed by atoms with van der Waals surface area (Å²) in [5.74, 6) is -0.533. The number of thiophene rings is 1. The molecule has 2 aromatic heterocycles. The number of carbonyl (C=O) groups is 1. The Morgan fingerprint density at radius 3 is 2.67 bits per heavy atom. The Labute approximate surface area is 166 Å². The number of rotatable bonds is 7. The molecule has 0 bridgehead atoms. The molecule has 0 aliphatic carbocycles. The predicted molar refractivity (Wildman–Crippen MR) is 108 cm³/mol. The first-order valence-electron chi connectivity index (χ1n) is 8.35. The summed E-state index contributed by atoms with van der Waals surface area (Å²) in [6.45, 7) is 0.478. The van der Waals surface area contributed by atoms with Crippen LogP contribution < -0.4 is 5.32 Å². The lowest BCUT2D eigenvalue weighted by Gasteiger charge is -2.24. The number of amides is 1. The van der Waals surface area contributed by atoms with Crippen LogP contribution >= 0.6 is 23.1 Å². The number of halogens is 1. The largest absolute Gasteiger partial charge is 0.349 e. The molecule has 142 valence electrons. The maximum absolute atomic E-state index is 13.3. The van der Waals surface area contributed by atoms with Crippen LogP contribution in [0.1, 0.15) is 22.1 Å². The van der Waals surface area contributed by atoms with Crippen LogP contribution in [0.25, 0.3) is 5.69 Å². The first-order chi connectivity index (χ1) is 13.0. The molecule has 0 aliphatic rings. The molecule has 0 saturated heterocycles. The molecular weight excluding hydrogens is 383 g/mol. The first-order valence-corrected chi connectivity index (χ1v) is 10.5. The predicted octanol–water partition coefficient (Wildman–Crippen LogP) is 3.83. The van der Waals surface area contributed by atoms with E-state index in [1.165, 1.54) is 29.5 Å². The molecule has 1 atom stereocenters. The number of nitrogens with one attached hydrogen (secondary N) is 1. The van der Waals surface area contributed by atoms with E-state index in [2.05, 4.69) is 26.6 Å². The lowest BCUT2D eigenvalue weighted by molar-refractivity contribution is 0.0934. The highest BCUT2D eigenvalue weighted by molar-refractivity contribution is 7.98. The zero-order chi connectivity index (χ0) is 19.4. The third-order valence-corrected chi connectivity index (χ3v) is 5.59. The number of nitrogens with zero attached hydrogens (tertiary/aromatic N) is 3. The normalized spacial score (nSPS) is 12.3. The van der Waals surface area contributed by atoms with Crippen molar-refractivity contribution < 1.29 is 9.18 Å². The van der Waals surface area contributed by atoms with E-state index in [1.54, 1.807) is 34.2 Å². The number of carbonyl (C=O) groups excluding carboxylic acids is 1. The molecular formula is C19H21FN4OS2. The molecule has 1 aromatic carbocycles. The summed E-state index contributed by atoms with van der Waals surface area (Å²) >= 11 is 3.07. The summed E-state index contributed by atoms with van der Waals surface area (Å²) in [6, 6.07) is 8.18. The van der Waals surface area contributed by atoms with Crippen LogP contribution in [-0.2, 0) is 0 Å². The fraction of sp³-hybridized carbons (Fsp3) is 0.263. The van der Waals surface area contributed by atoms with E-state index in [0.717, 1.165) is 0 Å². The maximum atomic E-state index is 13.3. The minimum Gasteiger partial charge on any atom is -0.349 e. The molecule has 0 saturated carbocycles. The van der Waals surface area contributed by atoms with Gasteiger partial charge in [-0.3, -0.25) is 9.36 Å². The third kappa shape index (κ3) is 4.40.